The fraction of sp³-hybridized carbons (Fsp3) is 0.667. The van der Waals surface area contributed by atoms with Crippen LogP contribution in [0.1, 0.15) is 44.3 Å². The highest BCUT2D eigenvalue weighted by molar-refractivity contribution is 9.10. The van der Waals surface area contributed by atoms with Crippen molar-refractivity contribution in [2.75, 3.05) is 19.0 Å². The first-order valence-corrected chi connectivity index (χ1v) is 6.76. The van der Waals surface area contributed by atoms with Crippen LogP contribution < -0.4 is 5.32 Å². The van der Waals surface area contributed by atoms with E-state index in [1.165, 1.54) is 0 Å². The molecule has 0 aliphatic rings. The lowest BCUT2D eigenvalue weighted by atomic mass is 10.2. The summed E-state index contributed by atoms with van der Waals surface area (Å²) in [6.45, 7) is 6.77. The van der Waals surface area contributed by atoms with Gasteiger partial charge in [0.05, 0.1) is 10.2 Å². The topological polar surface area (TPSA) is 47.0 Å². The molecule has 0 aromatic carbocycles. The molecule has 0 fully saturated rings. The van der Waals surface area contributed by atoms with E-state index in [1.54, 1.807) is 0 Å². The van der Waals surface area contributed by atoms with Crippen molar-refractivity contribution in [3.63, 3.8) is 0 Å². The number of hydrogen-bond donors (Lipinski definition) is 1. The van der Waals surface area contributed by atoms with E-state index in [9.17, 15) is 0 Å². The third-order valence-corrected chi connectivity index (χ3v) is 3.43. The molecule has 0 radical (unpaired) electrons. The molecule has 1 aromatic rings. The number of aromatic nitrogens is 2. The minimum absolute atomic E-state index is 0.0103. The minimum atomic E-state index is -0.0103. The monoisotopic (exact) mass is 301 g/mol. The highest BCUT2D eigenvalue weighted by Gasteiger charge is 2.17. The van der Waals surface area contributed by atoms with Gasteiger partial charge in [0.25, 0.3) is 0 Å². The van der Waals surface area contributed by atoms with Gasteiger partial charge < -0.3 is 10.1 Å². The molecular weight excluding hydrogens is 282 g/mol. The van der Waals surface area contributed by atoms with E-state index in [1.807, 2.05) is 20.9 Å². The Labute approximate surface area is 111 Å². The van der Waals surface area contributed by atoms with Crippen molar-refractivity contribution in [1.82, 2.24) is 9.97 Å². The summed E-state index contributed by atoms with van der Waals surface area (Å²) in [6, 6.07) is 0. The second kappa shape index (κ2) is 6.91. The van der Waals surface area contributed by atoms with Crippen molar-refractivity contribution in [3.8, 4) is 0 Å². The molecule has 1 heterocycles. The Hall–Kier alpha value is -0.680. The molecule has 0 aliphatic carbocycles. The molecule has 0 saturated heterocycles. The largest absolute Gasteiger partial charge is 0.372 e. The molecule has 1 atom stereocenters. The Balaban J connectivity index is 3.06. The van der Waals surface area contributed by atoms with E-state index >= 15 is 0 Å². The molecular formula is C12H20BrN3O. The van der Waals surface area contributed by atoms with Crippen LogP contribution in [-0.4, -0.2) is 23.6 Å². The lowest BCUT2D eigenvalue weighted by Crippen LogP contribution is -2.11. The summed E-state index contributed by atoms with van der Waals surface area (Å²) >= 11 is 3.47. The molecule has 0 aliphatic heterocycles. The number of anilines is 1. The quantitative estimate of drug-likeness (QED) is 0.874. The summed E-state index contributed by atoms with van der Waals surface area (Å²) in [7, 11) is 1.85. The van der Waals surface area contributed by atoms with E-state index < -0.39 is 0 Å². The van der Waals surface area contributed by atoms with E-state index in [0.717, 1.165) is 34.7 Å². The molecule has 1 rings (SSSR count). The normalized spacial score (nSPS) is 12.5. The zero-order valence-electron chi connectivity index (χ0n) is 10.9. The maximum Gasteiger partial charge on any atom is 0.159 e. The summed E-state index contributed by atoms with van der Waals surface area (Å²) < 4.78 is 6.61. The van der Waals surface area contributed by atoms with E-state index in [2.05, 4.69) is 38.1 Å². The van der Waals surface area contributed by atoms with Crippen molar-refractivity contribution in [1.29, 1.82) is 0 Å². The van der Waals surface area contributed by atoms with Crippen molar-refractivity contribution in [2.45, 2.75) is 39.7 Å². The van der Waals surface area contributed by atoms with Gasteiger partial charge in [-0.2, -0.15) is 0 Å². The summed E-state index contributed by atoms with van der Waals surface area (Å²) in [5.41, 5.74) is 0.931. The maximum absolute atomic E-state index is 5.69. The van der Waals surface area contributed by atoms with Gasteiger partial charge in [0.15, 0.2) is 5.82 Å². The van der Waals surface area contributed by atoms with Crippen LogP contribution in [0.5, 0.6) is 0 Å². The van der Waals surface area contributed by atoms with Gasteiger partial charge in [-0.15, -0.1) is 0 Å². The van der Waals surface area contributed by atoms with Gasteiger partial charge in [0, 0.05) is 13.7 Å². The molecule has 1 unspecified atom stereocenters. The number of nitrogens with zero attached hydrogens (tertiary/aromatic N) is 2. The first kappa shape index (κ1) is 14.4. The van der Waals surface area contributed by atoms with Crippen LogP contribution in [0.25, 0.3) is 0 Å². The number of hydrogen-bond acceptors (Lipinski definition) is 4. The molecule has 0 spiro atoms. The second-order valence-corrected chi connectivity index (χ2v) is 4.61. The number of nitrogens with one attached hydrogen (secondary N) is 1. The molecule has 0 bridgehead atoms. The number of halogens is 1. The van der Waals surface area contributed by atoms with Gasteiger partial charge in [-0.1, -0.05) is 13.3 Å². The Bertz CT molecular complexity index is 365. The molecule has 0 saturated carbocycles. The number of ether oxygens (including phenoxy) is 1. The fourth-order valence-electron chi connectivity index (χ4n) is 1.64. The Morgan fingerprint density at radius 2 is 2.06 bits per heavy atom. The van der Waals surface area contributed by atoms with Crippen LogP contribution in [-0.2, 0) is 4.74 Å². The van der Waals surface area contributed by atoms with Gasteiger partial charge in [-0.05, 0) is 36.2 Å². The lowest BCUT2D eigenvalue weighted by molar-refractivity contribution is 0.0493. The Morgan fingerprint density at radius 1 is 1.35 bits per heavy atom. The summed E-state index contributed by atoms with van der Waals surface area (Å²) in [6.07, 6.45) is 1.99. The molecule has 4 nitrogen and oxygen atoms in total. The predicted molar refractivity (Wildman–Crippen MR) is 73.3 cm³/mol. The highest BCUT2D eigenvalue weighted by atomic mass is 79.9. The Kier molecular flexibility index (Phi) is 5.85. The lowest BCUT2D eigenvalue weighted by Gasteiger charge is -2.17. The summed E-state index contributed by atoms with van der Waals surface area (Å²) in [5, 5.41) is 3.06. The minimum Gasteiger partial charge on any atom is -0.372 e. The summed E-state index contributed by atoms with van der Waals surface area (Å²) in [5.74, 6) is 1.58. The average Bonchev–Trinajstić information content (AvgIpc) is 2.32. The van der Waals surface area contributed by atoms with Crippen LogP contribution in [0.15, 0.2) is 4.47 Å². The van der Waals surface area contributed by atoms with E-state index in [4.69, 9.17) is 4.74 Å². The SMILES string of the molecule is CCCC(OCC)c1nc(C)c(Br)c(NC)n1. The maximum atomic E-state index is 5.69. The van der Waals surface area contributed by atoms with Gasteiger partial charge in [0.1, 0.15) is 11.9 Å². The molecule has 0 amide bonds. The van der Waals surface area contributed by atoms with Gasteiger partial charge in [-0.3, -0.25) is 0 Å². The zero-order chi connectivity index (χ0) is 12.8. The van der Waals surface area contributed by atoms with Crippen LogP contribution >= 0.6 is 15.9 Å². The van der Waals surface area contributed by atoms with E-state index in [-0.39, 0.29) is 6.10 Å². The Morgan fingerprint density at radius 3 is 2.59 bits per heavy atom. The zero-order valence-corrected chi connectivity index (χ0v) is 12.5. The number of aryl methyl sites for hydroxylation is 1. The standard InChI is InChI=1S/C12H20BrN3O/c1-5-7-9(17-6-2)11-15-8(3)10(13)12(14-4)16-11/h9H,5-7H2,1-4H3,(H,14,15,16). The third-order valence-electron chi connectivity index (χ3n) is 2.48. The van der Waals surface area contributed by atoms with Gasteiger partial charge >= 0.3 is 0 Å². The van der Waals surface area contributed by atoms with Crippen molar-refractivity contribution < 1.29 is 4.74 Å². The van der Waals surface area contributed by atoms with Crippen molar-refractivity contribution >= 4 is 21.7 Å². The van der Waals surface area contributed by atoms with Crippen molar-refractivity contribution in [2.24, 2.45) is 0 Å². The second-order valence-electron chi connectivity index (χ2n) is 3.81. The van der Waals surface area contributed by atoms with Crippen LogP contribution in [0.3, 0.4) is 0 Å². The molecule has 17 heavy (non-hydrogen) atoms. The van der Waals surface area contributed by atoms with E-state index in [0.29, 0.717) is 6.61 Å². The van der Waals surface area contributed by atoms with Crippen LogP contribution in [0.2, 0.25) is 0 Å². The van der Waals surface area contributed by atoms with Crippen molar-refractivity contribution in [3.05, 3.63) is 16.0 Å². The third kappa shape index (κ3) is 3.64. The smallest absolute Gasteiger partial charge is 0.159 e. The first-order valence-electron chi connectivity index (χ1n) is 5.97. The molecule has 96 valence electrons. The van der Waals surface area contributed by atoms with Gasteiger partial charge in [-0.25, -0.2) is 9.97 Å². The average molecular weight is 302 g/mol. The number of rotatable bonds is 6. The predicted octanol–water partition coefficient (Wildman–Crippen LogP) is 3.47. The molecule has 5 heteroatoms. The van der Waals surface area contributed by atoms with Crippen LogP contribution in [0, 0.1) is 6.92 Å². The summed E-state index contributed by atoms with van der Waals surface area (Å²) in [4.78, 5) is 8.99. The van der Waals surface area contributed by atoms with Crippen LogP contribution in [0.4, 0.5) is 5.82 Å². The van der Waals surface area contributed by atoms with Gasteiger partial charge in [0.2, 0.25) is 0 Å². The molecule has 1 N–H and O–H groups in total. The highest BCUT2D eigenvalue weighted by Crippen LogP contribution is 2.27. The fourth-order valence-corrected chi connectivity index (χ4v) is 2.02. The first-order chi connectivity index (χ1) is 8.13. The molecule has 1 aromatic heterocycles.